The van der Waals surface area contributed by atoms with Crippen LogP contribution in [-0.2, 0) is 4.74 Å². The van der Waals surface area contributed by atoms with E-state index >= 15 is 0 Å². The summed E-state index contributed by atoms with van der Waals surface area (Å²) in [5, 5.41) is 10.1. The fourth-order valence-electron chi connectivity index (χ4n) is 2.38. The van der Waals surface area contributed by atoms with Gasteiger partial charge in [0, 0.05) is 5.92 Å². The van der Waals surface area contributed by atoms with Gasteiger partial charge in [-0.3, -0.25) is 0 Å². The topological polar surface area (TPSA) is 29.5 Å². The molecule has 0 aromatic heterocycles. The molecule has 0 radical (unpaired) electrons. The zero-order chi connectivity index (χ0) is 12.2. The van der Waals surface area contributed by atoms with Crippen LogP contribution in [0.15, 0.2) is 0 Å². The molecule has 2 heteroatoms. The van der Waals surface area contributed by atoms with Gasteiger partial charge in [-0.2, -0.15) is 0 Å². The molecule has 0 aliphatic heterocycles. The summed E-state index contributed by atoms with van der Waals surface area (Å²) >= 11 is 0. The van der Waals surface area contributed by atoms with Gasteiger partial charge in [0.2, 0.25) is 0 Å². The molecule has 0 spiro atoms. The van der Waals surface area contributed by atoms with Crippen LogP contribution >= 0.6 is 0 Å². The highest BCUT2D eigenvalue weighted by Gasteiger charge is 2.30. The maximum Gasteiger partial charge on any atom is 0.158 e. The maximum atomic E-state index is 10.1. The van der Waals surface area contributed by atoms with Crippen LogP contribution < -0.4 is 0 Å². The number of hydrogen-bond donors (Lipinski definition) is 1. The van der Waals surface area contributed by atoms with Gasteiger partial charge in [-0.25, -0.2) is 0 Å². The summed E-state index contributed by atoms with van der Waals surface area (Å²) < 4.78 is 5.87. The summed E-state index contributed by atoms with van der Waals surface area (Å²) in [6.07, 6.45) is 6.07. The molecule has 0 aromatic rings. The van der Waals surface area contributed by atoms with E-state index in [1.807, 2.05) is 0 Å². The summed E-state index contributed by atoms with van der Waals surface area (Å²) in [5.41, 5.74) is -0.150. The first-order chi connectivity index (χ1) is 7.50. The molecule has 0 aromatic carbocycles. The van der Waals surface area contributed by atoms with E-state index in [0.29, 0.717) is 5.92 Å². The van der Waals surface area contributed by atoms with Crippen LogP contribution in [0.3, 0.4) is 0 Å². The summed E-state index contributed by atoms with van der Waals surface area (Å²) in [5.74, 6) is 1.18. The highest BCUT2D eigenvalue weighted by Crippen LogP contribution is 2.33. The monoisotopic (exact) mass is 228 g/mol. The third-order valence-electron chi connectivity index (χ3n) is 4.36. The second-order valence-electron chi connectivity index (χ2n) is 5.69. The van der Waals surface area contributed by atoms with Crippen molar-refractivity contribution < 1.29 is 9.84 Å². The Morgan fingerprint density at radius 1 is 1.19 bits per heavy atom. The molecule has 0 saturated heterocycles. The van der Waals surface area contributed by atoms with Crippen molar-refractivity contribution in [3.05, 3.63) is 0 Å². The highest BCUT2D eigenvalue weighted by atomic mass is 16.6. The molecule has 1 unspecified atom stereocenters. The van der Waals surface area contributed by atoms with Crippen molar-refractivity contribution in [3.63, 3.8) is 0 Å². The van der Waals surface area contributed by atoms with Crippen molar-refractivity contribution in [2.75, 3.05) is 0 Å². The van der Waals surface area contributed by atoms with Crippen LogP contribution in [0, 0.1) is 11.8 Å². The van der Waals surface area contributed by atoms with E-state index in [0.717, 1.165) is 31.6 Å². The molecular weight excluding hydrogens is 200 g/mol. The number of hydrogen-bond acceptors (Lipinski definition) is 2. The average molecular weight is 228 g/mol. The van der Waals surface area contributed by atoms with Crippen molar-refractivity contribution >= 4 is 0 Å². The molecule has 1 fully saturated rings. The quantitative estimate of drug-likeness (QED) is 0.727. The Balaban J connectivity index is 2.42. The SMILES string of the molecule is CCC(C)(CC)OC(O)C1CCC(C)CC1. The van der Waals surface area contributed by atoms with E-state index < -0.39 is 6.29 Å². The average Bonchev–Trinajstić information content (AvgIpc) is 2.29. The van der Waals surface area contributed by atoms with Crippen molar-refractivity contribution in [1.82, 2.24) is 0 Å². The molecule has 1 aliphatic rings. The summed E-state index contributed by atoms with van der Waals surface area (Å²) in [4.78, 5) is 0. The zero-order valence-electron chi connectivity index (χ0n) is 11.3. The second-order valence-corrected chi connectivity index (χ2v) is 5.69. The van der Waals surface area contributed by atoms with E-state index in [-0.39, 0.29) is 5.60 Å². The first-order valence-corrected chi connectivity index (χ1v) is 6.86. The lowest BCUT2D eigenvalue weighted by Crippen LogP contribution is -2.37. The number of ether oxygens (including phenoxy) is 1. The molecule has 16 heavy (non-hydrogen) atoms. The third kappa shape index (κ3) is 3.74. The Kier molecular flexibility index (Phi) is 5.26. The van der Waals surface area contributed by atoms with Gasteiger partial charge < -0.3 is 9.84 Å². The molecular formula is C14H28O2. The van der Waals surface area contributed by atoms with Crippen molar-refractivity contribution in [2.24, 2.45) is 11.8 Å². The van der Waals surface area contributed by atoms with Crippen LogP contribution in [0.1, 0.15) is 66.2 Å². The van der Waals surface area contributed by atoms with Gasteiger partial charge in [0.1, 0.15) is 0 Å². The molecule has 1 aliphatic carbocycles. The largest absolute Gasteiger partial charge is 0.368 e. The van der Waals surface area contributed by atoms with E-state index in [2.05, 4.69) is 27.7 Å². The van der Waals surface area contributed by atoms with Gasteiger partial charge in [-0.05, 0) is 38.5 Å². The molecule has 96 valence electrons. The Morgan fingerprint density at radius 3 is 2.12 bits per heavy atom. The number of aliphatic hydroxyl groups is 1. The van der Waals surface area contributed by atoms with Crippen molar-refractivity contribution in [1.29, 1.82) is 0 Å². The Hall–Kier alpha value is -0.0800. The molecule has 0 heterocycles. The second kappa shape index (κ2) is 6.02. The van der Waals surface area contributed by atoms with Crippen LogP contribution in [0.2, 0.25) is 0 Å². The Bertz CT molecular complexity index is 191. The minimum atomic E-state index is -0.558. The van der Waals surface area contributed by atoms with Gasteiger partial charge in [0.15, 0.2) is 6.29 Å². The van der Waals surface area contributed by atoms with Crippen LogP contribution in [0.5, 0.6) is 0 Å². The van der Waals surface area contributed by atoms with Gasteiger partial charge in [-0.1, -0.05) is 33.6 Å². The van der Waals surface area contributed by atoms with Gasteiger partial charge >= 0.3 is 0 Å². The highest BCUT2D eigenvalue weighted by molar-refractivity contribution is 4.76. The molecule has 1 atom stereocenters. The smallest absolute Gasteiger partial charge is 0.158 e. The van der Waals surface area contributed by atoms with E-state index in [1.54, 1.807) is 0 Å². The van der Waals surface area contributed by atoms with E-state index in [1.165, 1.54) is 12.8 Å². The van der Waals surface area contributed by atoms with E-state index in [4.69, 9.17) is 4.74 Å². The van der Waals surface area contributed by atoms with Crippen molar-refractivity contribution in [2.45, 2.75) is 78.1 Å². The molecule has 0 bridgehead atoms. The Labute approximate surface area is 100 Å². The zero-order valence-corrected chi connectivity index (χ0v) is 11.3. The molecule has 2 nitrogen and oxygen atoms in total. The van der Waals surface area contributed by atoms with Crippen LogP contribution in [0.25, 0.3) is 0 Å². The summed E-state index contributed by atoms with van der Waals surface area (Å²) in [6.45, 7) is 8.64. The third-order valence-corrected chi connectivity index (χ3v) is 4.36. The lowest BCUT2D eigenvalue weighted by Gasteiger charge is -2.36. The predicted octanol–water partition coefficient (Wildman–Crippen LogP) is 3.73. The standard InChI is InChI=1S/C14H28O2/c1-5-14(4,6-2)16-13(15)12-9-7-11(3)8-10-12/h11-13,15H,5-10H2,1-4H3. The summed E-state index contributed by atoms with van der Waals surface area (Å²) in [6, 6.07) is 0. The molecule has 1 saturated carbocycles. The first kappa shape index (κ1) is 14.0. The van der Waals surface area contributed by atoms with Crippen LogP contribution in [-0.4, -0.2) is 17.0 Å². The molecule has 1 rings (SSSR count). The minimum absolute atomic E-state index is 0.150. The fraction of sp³-hybridized carbons (Fsp3) is 1.00. The fourth-order valence-corrected chi connectivity index (χ4v) is 2.38. The van der Waals surface area contributed by atoms with Gasteiger partial charge in [0.05, 0.1) is 5.60 Å². The Morgan fingerprint density at radius 2 is 1.69 bits per heavy atom. The molecule has 0 amide bonds. The normalized spacial score (nSPS) is 29.1. The number of aliphatic hydroxyl groups excluding tert-OH is 1. The maximum absolute atomic E-state index is 10.1. The minimum Gasteiger partial charge on any atom is -0.368 e. The predicted molar refractivity (Wildman–Crippen MR) is 67.2 cm³/mol. The van der Waals surface area contributed by atoms with Crippen molar-refractivity contribution in [3.8, 4) is 0 Å². The first-order valence-electron chi connectivity index (χ1n) is 6.86. The lowest BCUT2D eigenvalue weighted by molar-refractivity contribution is -0.210. The summed E-state index contributed by atoms with van der Waals surface area (Å²) in [7, 11) is 0. The lowest BCUT2D eigenvalue weighted by atomic mass is 9.82. The number of rotatable bonds is 5. The van der Waals surface area contributed by atoms with E-state index in [9.17, 15) is 5.11 Å². The molecule has 1 N–H and O–H groups in total. The van der Waals surface area contributed by atoms with Crippen LogP contribution in [0.4, 0.5) is 0 Å². The van der Waals surface area contributed by atoms with Gasteiger partial charge in [0.25, 0.3) is 0 Å². The van der Waals surface area contributed by atoms with Gasteiger partial charge in [-0.15, -0.1) is 0 Å².